The predicted octanol–water partition coefficient (Wildman–Crippen LogP) is 1.33. The van der Waals surface area contributed by atoms with Gasteiger partial charge in [-0.25, -0.2) is 0 Å². The molecule has 1 aliphatic rings. The first kappa shape index (κ1) is 19.7. The van der Waals surface area contributed by atoms with Crippen molar-refractivity contribution in [2.75, 3.05) is 25.0 Å². The summed E-state index contributed by atoms with van der Waals surface area (Å²) in [4.78, 5) is 38.8. The Bertz CT molecular complexity index is 712. The van der Waals surface area contributed by atoms with Crippen molar-refractivity contribution in [1.29, 1.82) is 0 Å². The van der Waals surface area contributed by atoms with Crippen LogP contribution in [0.1, 0.15) is 30.6 Å². The van der Waals surface area contributed by atoms with Crippen LogP contribution in [0, 0.1) is 0 Å². The van der Waals surface area contributed by atoms with E-state index in [1.807, 2.05) is 13.8 Å². The topological polar surface area (TPSA) is 92.9 Å². The molecule has 26 heavy (non-hydrogen) atoms. The van der Waals surface area contributed by atoms with E-state index in [4.69, 9.17) is 10.5 Å². The molecule has 2 N–H and O–H groups in total. The highest BCUT2D eigenvalue weighted by Crippen LogP contribution is 2.24. The highest BCUT2D eigenvalue weighted by atomic mass is 16.5. The van der Waals surface area contributed by atoms with Crippen LogP contribution in [0.15, 0.2) is 36.9 Å². The van der Waals surface area contributed by atoms with Crippen molar-refractivity contribution in [2.45, 2.75) is 32.0 Å². The predicted molar refractivity (Wildman–Crippen MR) is 98.7 cm³/mol. The third kappa shape index (κ3) is 4.70. The van der Waals surface area contributed by atoms with E-state index >= 15 is 0 Å². The van der Waals surface area contributed by atoms with E-state index in [0.717, 1.165) is 0 Å². The smallest absolute Gasteiger partial charge is 0.254 e. The molecule has 7 nitrogen and oxygen atoms in total. The van der Waals surface area contributed by atoms with Crippen molar-refractivity contribution in [3.05, 3.63) is 42.5 Å². The van der Waals surface area contributed by atoms with Crippen LogP contribution >= 0.6 is 0 Å². The number of amides is 3. The zero-order valence-electron chi connectivity index (χ0n) is 15.4. The Kier molecular flexibility index (Phi) is 5.82. The molecule has 0 radical (unpaired) electrons. The number of benzene rings is 1. The second-order valence-corrected chi connectivity index (χ2v) is 7.00. The zero-order valence-corrected chi connectivity index (χ0v) is 15.4. The largest absolute Gasteiger partial charge is 0.370 e. The molecule has 1 atom stereocenters. The van der Waals surface area contributed by atoms with Gasteiger partial charge in [0.15, 0.2) is 0 Å². The second kappa shape index (κ2) is 7.70. The average molecular weight is 359 g/mol. The van der Waals surface area contributed by atoms with E-state index < -0.39 is 17.6 Å². The summed E-state index contributed by atoms with van der Waals surface area (Å²) >= 11 is 0. The van der Waals surface area contributed by atoms with E-state index in [2.05, 4.69) is 6.58 Å². The number of hydrogen-bond donors (Lipinski definition) is 1. The molecule has 0 aromatic heterocycles. The molecule has 1 unspecified atom stereocenters. The number of hydrogen-bond acceptors (Lipinski definition) is 4. The molecule has 3 amide bonds. The van der Waals surface area contributed by atoms with E-state index in [-0.39, 0.29) is 18.2 Å². The number of anilines is 1. The number of rotatable bonds is 5. The first-order chi connectivity index (χ1) is 12.1. The van der Waals surface area contributed by atoms with Crippen LogP contribution in [0.5, 0.6) is 0 Å². The minimum absolute atomic E-state index is 0.0700. The fraction of sp³-hybridized carbons (Fsp3) is 0.421. The van der Waals surface area contributed by atoms with Gasteiger partial charge in [0.05, 0.1) is 18.1 Å². The highest BCUT2D eigenvalue weighted by molar-refractivity contribution is 6.01. The SMILES string of the molecule is C=CC(=O)N(C)c1ccc(C(=O)N2CC(CC(N)=O)OC(C)(C)C2)cc1. The van der Waals surface area contributed by atoms with E-state index in [1.165, 1.54) is 11.0 Å². The number of carbonyl (C=O) groups is 3. The Morgan fingerprint density at radius 1 is 1.35 bits per heavy atom. The molecule has 1 heterocycles. The van der Waals surface area contributed by atoms with E-state index in [1.54, 1.807) is 36.2 Å². The van der Waals surface area contributed by atoms with Gasteiger partial charge >= 0.3 is 0 Å². The second-order valence-electron chi connectivity index (χ2n) is 7.00. The molecular formula is C19H25N3O4. The molecule has 1 aliphatic heterocycles. The lowest BCUT2D eigenvalue weighted by Crippen LogP contribution is -2.55. The molecule has 0 saturated carbocycles. The third-order valence-electron chi connectivity index (χ3n) is 4.20. The Morgan fingerprint density at radius 3 is 2.50 bits per heavy atom. The Balaban J connectivity index is 2.15. The molecule has 1 saturated heterocycles. The van der Waals surface area contributed by atoms with Crippen LogP contribution in [0.25, 0.3) is 0 Å². The molecule has 0 bridgehead atoms. The van der Waals surface area contributed by atoms with Gasteiger partial charge in [-0.1, -0.05) is 6.58 Å². The van der Waals surface area contributed by atoms with Crippen molar-refractivity contribution in [3.8, 4) is 0 Å². The molecule has 2 rings (SSSR count). The molecule has 1 fully saturated rings. The normalized spacial score (nSPS) is 18.9. The standard InChI is InChI=1S/C19H25N3O4/c1-5-17(24)21(4)14-8-6-13(7-9-14)18(25)22-11-15(10-16(20)23)26-19(2,3)12-22/h5-9,15H,1,10-12H2,2-4H3,(H2,20,23). The van der Waals surface area contributed by atoms with Gasteiger partial charge in [0, 0.05) is 31.4 Å². The fourth-order valence-corrected chi connectivity index (χ4v) is 3.06. The Labute approximate surface area is 153 Å². The maximum atomic E-state index is 12.8. The Hall–Kier alpha value is -2.67. The summed E-state index contributed by atoms with van der Waals surface area (Å²) in [5, 5.41) is 0. The lowest BCUT2D eigenvalue weighted by atomic mass is 10.0. The molecular weight excluding hydrogens is 334 g/mol. The molecule has 7 heteroatoms. The average Bonchev–Trinajstić information content (AvgIpc) is 2.57. The minimum Gasteiger partial charge on any atom is -0.370 e. The van der Waals surface area contributed by atoms with Gasteiger partial charge in [-0.15, -0.1) is 0 Å². The number of ether oxygens (including phenoxy) is 1. The summed E-state index contributed by atoms with van der Waals surface area (Å²) in [5.74, 6) is -0.840. The van der Waals surface area contributed by atoms with Gasteiger partial charge in [0.1, 0.15) is 0 Å². The molecule has 0 spiro atoms. The summed E-state index contributed by atoms with van der Waals surface area (Å²) in [7, 11) is 1.64. The molecule has 0 aliphatic carbocycles. The number of likely N-dealkylation sites (N-methyl/N-ethyl adjacent to an activating group) is 1. The monoisotopic (exact) mass is 359 g/mol. The third-order valence-corrected chi connectivity index (χ3v) is 4.20. The van der Waals surface area contributed by atoms with Gasteiger partial charge in [0.25, 0.3) is 5.91 Å². The van der Waals surface area contributed by atoms with E-state index in [0.29, 0.717) is 24.3 Å². The lowest BCUT2D eigenvalue weighted by molar-refractivity contribution is -0.141. The quantitative estimate of drug-likeness (QED) is 0.803. The number of carbonyl (C=O) groups excluding carboxylic acids is 3. The molecule has 140 valence electrons. The van der Waals surface area contributed by atoms with Crippen LogP contribution in [-0.2, 0) is 14.3 Å². The van der Waals surface area contributed by atoms with Gasteiger partial charge in [-0.05, 0) is 44.2 Å². The number of nitrogens with two attached hydrogens (primary N) is 1. The van der Waals surface area contributed by atoms with Crippen molar-refractivity contribution in [1.82, 2.24) is 4.90 Å². The maximum absolute atomic E-state index is 12.8. The first-order valence-electron chi connectivity index (χ1n) is 8.38. The van der Waals surface area contributed by atoms with Crippen LogP contribution in [0.4, 0.5) is 5.69 Å². The summed E-state index contributed by atoms with van der Waals surface area (Å²) in [6, 6.07) is 6.77. The van der Waals surface area contributed by atoms with Crippen molar-refractivity contribution < 1.29 is 19.1 Å². The van der Waals surface area contributed by atoms with Crippen LogP contribution in [0.3, 0.4) is 0 Å². The summed E-state index contributed by atoms with van der Waals surface area (Å²) in [6.07, 6.45) is 0.879. The van der Waals surface area contributed by atoms with Crippen LogP contribution < -0.4 is 10.6 Å². The van der Waals surface area contributed by atoms with Crippen molar-refractivity contribution in [3.63, 3.8) is 0 Å². The van der Waals surface area contributed by atoms with E-state index in [9.17, 15) is 14.4 Å². The lowest BCUT2D eigenvalue weighted by Gasteiger charge is -2.42. The van der Waals surface area contributed by atoms with Crippen molar-refractivity contribution >= 4 is 23.4 Å². The molecule has 1 aromatic carbocycles. The number of nitrogens with zero attached hydrogens (tertiary/aromatic N) is 2. The van der Waals surface area contributed by atoms with Gasteiger partial charge in [0.2, 0.25) is 11.8 Å². The summed E-state index contributed by atoms with van der Waals surface area (Å²) in [5.41, 5.74) is 5.87. The Morgan fingerprint density at radius 2 is 1.96 bits per heavy atom. The minimum atomic E-state index is -0.565. The number of primary amides is 1. The van der Waals surface area contributed by atoms with Gasteiger partial charge < -0.3 is 20.3 Å². The summed E-state index contributed by atoms with van der Waals surface area (Å²) < 4.78 is 5.84. The van der Waals surface area contributed by atoms with Crippen LogP contribution in [-0.4, -0.2) is 54.5 Å². The van der Waals surface area contributed by atoms with Crippen LogP contribution in [0.2, 0.25) is 0 Å². The maximum Gasteiger partial charge on any atom is 0.254 e. The summed E-state index contributed by atoms with van der Waals surface area (Å²) in [6.45, 7) is 7.93. The first-order valence-corrected chi connectivity index (χ1v) is 8.38. The fourth-order valence-electron chi connectivity index (χ4n) is 3.06. The molecule has 1 aromatic rings. The highest BCUT2D eigenvalue weighted by Gasteiger charge is 2.36. The van der Waals surface area contributed by atoms with Gasteiger partial charge in [-0.2, -0.15) is 0 Å². The van der Waals surface area contributed by atoms with Crippen molar-refractivity contribution in [2.24, 2.45) is 5.73 Å². The zero-order chi connectivity index (χ0) is 19.5. The number of morpholine rings is 1. The van der Waals surface area contributed by atoms with Gasteiger partial charge in [-0.3, -0.25) is 14.4 Å².